The largest absolute Gasteiger partial charge is 0.347 e. The summed E-state index contributed by atoms with van der Waals surface area (Å²) in [6.07, 6.45) is 6.54. The third-order valence-corrected chi connectivity index (χ3v) is 5.40. The Hall–Kier alpha value is -1.41. The van der Waals surface area contributed by atoms with Crippen molar-refractivity contribution in [2.24, 2.45) is 0 Å². The van der Waals surface area contributed by atoms with Crippen LogP contribution in [0.4, 0.5) is 4.79 Å². The maximum atomic E-state index is 12.4. The van der Waals surface area contributed by atoms with Crippen LogP contribution in [0.25, 0.3) is 0 Å². The molecule has 8 heteroatoms. The van der Waals surface area contributed by atoms with E-state index in [4.69, 9.17) is 0 Å². The molecule has 1 aromatic rings. The Morgan fingerprint density at radius 3 is 2.78 bits per heavy atom. The van der Waals surface area contributed by atoms with Crippen LogP contribution in [0.2, 0.25) is 0 Å². The first-order chi connectivity index (χ1) is 11.1. The molecule has 0 aromatic carbocycles. The topological polar surface area (TPSA) is 79.4 Å². The SMILES string of the molecule is O=C(NC1CCCCC1N1C(=O)CSC1=O)c1cncc(Br)c1. The van der Waals surface area contributed by atoms with Crippen molar-refractivity contribution in [3.05, 3.63) is 28.5 Å². The lowest BCUT2D eigenvalue weighted by Crippen LogP contribution is -2.54. The number of hydrogen-bond donors (Lipinski definition) is 1. The molecule has 2 unspecified atom stereocenters. The molecule has 122 valence electrons. The van der Waals surface area contributed by atoms with E-state index in [2.05, 4.69) is 26.2 Å². The summed E-state index contributed by atoms with van der Waals surface area (Å²) < 4.78 is 0.728. The first-order valence-electron chi connectivity index (χ1n) is 7.46. The van der Waals surface area contributed by atoms with Gasteiger partial charge >= 0.3 is 0 Å². The summed E-state index contributed by atoms with van der Waals surface area (Å²) in [5.41, 5.74) is 0.456. The number of carbonyl (C=O) groups excluding carboxylic acids is 3. The van der Waals surface area contributed by atoms with Crippen molar-refractivity contribution in [2.75, 3.05) is 5.75 Å². The molecule has 1 aliphatic heterocycles. The van der Waals surface area contributed by atoms with Crippen LogP contribution in [0, 0.1) is 0 Å². The smallest absolute Gasteiger partial charge is 0.289 e. The van der Waals surface area contributed by atoms with Gasteiger partial charge in [0.25, 0.3) is 11.1 Å². The van der Waals surface area contributed by atoms with Crippen molar-refractivity contribution in [2.45, 2.75) is 37.8 Å². The average molecular weight is 398 g/mol. The Labute approximate surface area is 146 Å². The fourth-order valence-corrected chi connectivity index (χ4v) is 4.19. The van der Waals surface area contributed by atoms with Gasteiger partial charge < -0.3 is 5.32 Å². The standard InChI is InChI=1S/C15H16BrN3O3S/c16-10-5-9(6-17-7-10)14(21)18-11-3-1-2-4-12(11)19-13(20)8-23-15(19)22/h5-7,11-12H,1-4,8H2,(H,18,21). The minimum atomic E-state index is -0.247. The molecule has 0 radical (unpaired) electrons. The molecule has 2 fully saturated rings. The number of thioether (sulfide) groups is 1. The van der Waals surface area contributed by atoms with E-state index in [0.717, 1.165) is 41.9 Å². The lowest BCUT2D eigenvalue weighted by molar-refractivity contribution is -0.127. The minimum Gasteiger partial charge on any atom is -0.347 e. The molecule has 6 nitrogen and oxygen atoms in total. The number of hydrogen-bond acceptors (Lipinski definition) is 5. The fraction of sp³-hybridized carbons (Fsp3) is 0.467. The summed E-state index contributed by atoms with van der Waals surface area (Å²) in [4.78, 5) is 41.7. The number of halogens is 1. The van der Waals surface area contributed by atoms with E-state index in [1.54, 1.807) is 12.3 Å². The number of aromatic nitrogens is 1. The fourth-order valence-electron chi connectivity index (χ4n) is 3.06. The van der Waals surface area contributed by atoms with Gasteiger partial charge in [0, 0.05) is 16.9 Å². The van der Waals surface area contributed by atoms with Crippen molar-refractivity contribution in [1.82, 2.24) is 15.2 Å². The zero-order valence-electron chi connectivity index (χ0n) is 12.3. The van der Waals surface area contributed by atoms with Crippen LogP contribution >= 0.6 is 27.7 Å². The van der Waals surface area contributed by atoms with Gasteiger partial charge in [-0.25, -0.2) is 0 Å². The molecule has 0 spiro atoms. The second-order valence-corrected chi connectivity index (χ2v) is 7.48. The molecular weight excluding hydrogens is 382 g/mol. The summed E-state index contributed by atoms with van der Waals surface area (Å²) in [7, 11) is 0. The Morgan fingerprint density at radius 1 is 1.30 bits per heavy atom. The Kier molecular flexibility index (Phi) is 5.01. The van der Waals surface area contributed by atoms with Gasteiger partial charge in [0.05, 0.1) is 23.4 Å². The van der Waals surface area contributed by atoms with Gasteiger partial charge in [-0.15, -0.1) is 0 Å². The zero-order chi connectivity index (χ0) is 16.4. The van der Waals surface area contributed by atoms with E-state index in [-0.39, 0.29) is 34.9 Å². The van der Waals surface area contributed by atoms with Gasteiger partial charge in [-0.2, -0.15) is 0 Å². The van der Waals surface area contributed by atoms with E-state index in [9.17, 15) is 14.4 Å². The number of amides is 3. The predicted octanol–water partition coefficient (Wildman–Crippen LogP) is 2.58. The highest BCUT2D eigenvalue weighted by Gasteiger charge is 2.41. The molecule has 23 heavy (non-hydrogen) atoms. The van der Waals surface area contributed by atoms with Crippen LogP contribution in [-0.2, 0) is 4.79 Å². The Bertz CT molecular complexity index is 639. The van der Waals surface area contributed by atoms with Gasteiger partial charge in [-0.05, 0) is 34.8 Å². The lowest BCUT2D eigenvalue weighted by Gasteiger charge is -2.36. The van der Waals surface area contributed by atoms with Crippen LogP contribution < -0.4 is 5.32 Å². The molecule has 2 heterocycles. The van der Waals surface area contributed by atoms with E-state index >= 15 is 0 Å². The monoisotopic (exact) mass is 397 g/mol. The van der Waals surface area contributed by atoms with Crippen LogP contribution in [0.3, 0.4) is 0 Å². The highest BCUT2D eigenvalue weighted by molar-refractivity contribution is 9.10. The molecule has 1 aliphatic carbocycles. The lowest BCUT2D eigenvalue weighted by atomic mass is 9.89. The van der Waals surface area contributed by atoms with Crippen molar-refractivity contribution in [1.29, 1.82) is 0 Å². The first-order valence-corrected chi connectivity index (χ1v) is 9.24. The van der Waals surface area contributed by atoms with Crippen molar-refractivity contribution in [3.8, 4) is 0 Å². The number of imide groups is 1. The highest BCUT2D eigenvalue weighted by Crippen LogP contribution is 2.30. The molecule has 3 amide bonds. The second kappa shape index (κ2) is 7.00. The number of pyridine rings is 1. The van der Waals surface area contributed by atoms with Gasteiger partial charge in [0.15, 0.2) is 0 Å². The molecule has 2 aliphatic rings. The molecular formula is C15H16BrN3O3S. The Balaban J connectivity index is 1.75. The molecule has 0 bridgehead atoms. The summed E-state index contributed by atoms with van der Waals surface area (Å²) in [5, 5.41) is 2.77. The average Bonchev–Trinajstić information content (AvgIpc) is 2.87. The van der Waals surface area contributed by atoms with Crippen LogP contribution in [0.1, 0.15) is 36.0 Å². The summed E-state index contributed by atoms with van der Waals surface area (Å²) >= 11 is 4.33. The molecule has 1 N–H and O–H groups in total. The molecule has 2 atom stereocenters. The van der Waals surface area contributed by atoms with Gasteiger partial charge in [-0.3, -0.25) is 24.3 Å². The second-order valence-electron chi connectivity index (χ2n) is 5.64. The van der Waals surface area contributed by atoms with Crippen LogP contribution in [0.5, 0.6) is 0 Å². The maximum absolute atomic E-state index is 12.4. The van der Waals surface area contributed by atoms with Crippen LogP contribution in [-0.4, -0.2) is 44.8 Å². The first kappa shape index (κ1) is 16.4. The van der Waals surface area contributed by atoms with E-state index < -0.39 is 0 Å². The van der Waals surface area contributed by atoms with Gasteiger partial charge in [-0.1, -0.05) is 24.6 Å². The molecule has 1 aromatic heterocycles. The highest BCUT2D eigenvalue weighted by atomic mass is 79.9. The predicted molar refractivity (Wildman–Crippen MR) is 90.1 cm³/mol. The van der Waals surface area contributed by atoms with E-state index in [1.807, 2.05) is 0 Å². The Morgan fingerprint density at radius 2 is 2.09 bits per heavy atom. The maximum Gasteiger partial charge on any atom is 0.289 e. The molecule has 1 saturated carbocycles. The summed E-state index contributed by atoms with van der Waals surface area (Å²) in [6.45, 7) is 0. The van der Waals surface area contributed by atoms with Crippen LogP contribution in [0.15, 0.2) is 22.9 Å². The minimum absolute atomic E-state index is 0.157. The third-order valence-electron chi connectivity index (χ3n) is 4.13. The third kappa shape index (κ3) is 3.58. The van der Waals surface area contributed by atoms with E-state index in [0.29, 0.717) is 5.56 Å². The summed E-state index contributed by atoms with van der Waals surface area (Å²) in [5.74, 6) is -0.191. The number of rotatable bonds is 3. The number of nitrogens with one attached hydrogen (secondary N) is 1. The number of nitrogens with zero attached hydrogens (tertiary/aromatic N) is 2. The van der Waals surface area contributed by atoms with Crippen molar-refractivity contribution in [3.63, 3.8) is 0 Å². The number of carbonyl (C=O) groups is 3. The zero-order valence-corrected chi connectivity index (χ0v) is 14.7. The van der Waals surface area contributed by atoms with Crippen molar-refractivity contribution < 1.29 is 14.4 Å². The quantitative estimate of drug-likeness (QED) is 0.847. The van der Waals surface area contributed by atoms with E-state index in [1.165, 1.54) is 11.1 Å². The normalized spacial score (nSPS) is 24.8. The van der Waals surface area contributed by atoms with Gasteiger partial charge in [0.2, 0.25) is 5.91 Å². The molecule has 3 rings (SSSR count). The van der Waals surface area contributed by atoms with Gasteiger partial charge in [0.1, 0.15) is 0 Å². The van der Waals surface area contributed by atoms with Crippen molar-refractivity contribution >= 4 is 44.7 Å². The molecule has 1 saturated heterocycles. The summed E-state index contributed by atoms with van der Waals surface area (Å²) in [6, 6.07) is 1.24.